The van der Waals surface area contributed by atoms with Crippen molar-refractivity contribution in [3.05, 3.63) is 0 Å². The predicted octanol–water partition coefficient (Wildman–Crippen LogP) is -0.840. The topological polar surface area (TPSA) is 52.2 Å². The van der Waals surface area contributed by atoms with Gasteiger partial charge in [-0.3, -0.25) is 4.48 Å². The van der Waals surface area contributed by atoms with Gasteiger partial charge in [-0.05, 0) is 6.92 Å². The van der Waals surface area contributed by atoms with Crippen LogP contribution in [-0.2, 0) is 0 Å². The van der Waals surface area contributed by atoms with Crippen LogP contribution in [0.15, 0.2) is 0 Å². The Balaban J connectivity index is 2.68. The minimum atomic E-state index is -0.929. The van der Waals surface area contributed by atoms with Crippen molar-refractivity contribution in [3.63, 3.8) is 0 Å². The van der Waals surface area contributed by atoms with E-state index in [4.69, 9.17) is 0 Å². The molecule has 4 heteroatoms. The van der Waals surface area contributed by atoms with E-state index in [0.717, 1.165) is 19.5 Å². The summed E-state index contributed by atoms with van der Waals surface area (Å²) in [4.78, 5) is 10.9. The third-order valence-electron chi connectivity index (χ3n) is 2.65. The lowest BCUT2D eigenvalue weighted by molar-refractivity contribution is -0.872. The predicted molar refractivity (Wildman–Crippen MR) is 43.4 cm³/mol. The van der Waals surface area contributed by atoms with Gasteiger partial charge in [0.2, 0.25) is 0 Å². The van der Waals surface area contributed by atoms with E-state index in [0.29, 0.717) is 19.6 Å². The van der Waals surface area contributed by atoms with Crippen LogP contribution in [-0.4, -0.2) is 43.3 Å². The summed E-state index contributed by atoms with van der Waals surface area (Å²) in [7, 11) is 0. The molecule has 0 aromatic heterocycles. The molecule has 0 spiro atoms. The lowest BCUT2D eigenvalue weighted by atomic mass is 10.3. The molecule has 1 aliphatic heterocycles. The molecule has 1 saturated heterocycles. The van der Waals surface area contributed by atoms with Crippen molar-refractivity contribution in [3.8, 4) is 0 Å². The lowest BCUT2D eigenvalue weighted by Crippen LogP contribution is -2.59. The molecule has 12 heavy (non-hydrogen) atoms. The number of rotatable bonds is 1. The fourth-order valence-electron chi connectivity index (χ4n) is 1.66. The molecule has 1 amide bonds. The maximum Gasteiger partial charge on any atom is 0.257 e. The van der Waals surface area contributed by atoms with E-state index in [1.54, 1.807) is 0 Å². The van der Waals surface area contributed by atoms with Crippen molar-refractivity contribution in [1.29, 1.82) is 0 Å². The highest BCUT2D eigenvalue weighted by molar-refractivity contribution is 5.54. The van der Waals surface area contributed by atoms with E-state index in [9.17, 15) is 9.90 Å². The van der Waals surface area contributed by atoms with E-state index >= 15 is 0 Å². The normalized spacial score (nSPS) is 31.1. The van der Waals surface area contributed by atoms with Crippen molar-refractivity contribution in [2.24, 2.45) is 0 Å². The van der Waals surface area contributed by atoms with Gasteiger partial charge in [-0.2, -0.15) is 0 Å². The van der Waals surface area contributed by atoms with Gasteiger partial charge in [0.25, 0.3) is 6.09 Å². The summed E-state index contributed by atoms with van der Waals surface area (Å²) in [6.45, 7) is 5.59. The molecule has 1 atom stereocenters. The molecule has 0 aromatic carbocycles. The van der Waals surface area contributed by atoms with Gasteiger partial charge in [0, 0.05) is 19.5 Å². The second-order valence-electron chi connectivity index (χ2n) is 3.28. The second-order valence-corrected chi connectivity index (χ2v) is 3.28. The summed E-state index contributed by atoms with van der Waals surface area (Å²) >= 11 is 0. The molecule has 0 radical (unpaired) electrons. The van der Waals surface area contributed by atoms with Gasteiger partial charge in [0.15, 0.2) is 0 Å². The van der Waals surface area contributed by atoms with E-state index in [1.165, 1.54) is 0 Å². The van der Waals surface area contributed by atoms with Gasteiger partial charge < -0.3 is 15.2 Å². The van der Waals surface area contributed by atoms with Crippen molar-refractivity contribution in [2.45, 2.75) is 13.3 Å². The molecule has 1 rings (SSSR count). The van der Waals surface area contributed by atoms with E-state index in [2.05, 4.69) is 5.32 Å². The molecule has 1 N–H and O–H groups in total. The average molecular weight is 172 g/mol. The lowest BCUT2D eigenvalue weighted by Gasteiger charge is -2.35. The minimum absolute atomic E-state index is 0.118. The summed E-state index contributed by atoms with van der Waals surface area (Å²) in [5.74, 6) is 0. The first-order chi connectivity index (χ1) is 5.71. The van der Waals surface area contributed by atoms with Crippen LogP contribution in [0.3, 0.4) is 0 Å². The Morgan fingerprint density at radius 3 is 2.83 bits per heavy atom. The molecule has 1 unspecified atom stereocenters. The van der Waals surface area contributed by atoms with Gasteiger partial charge in [-0.25, -0.2) is 0 Å². The Bertz CT molecular complexity index is 162. The van der Waals surface area contributed by atoms with Crippen LogP contribution >= 0.6 is 0 Å². The minimum Gasteiger partial charge on any atom is -0.498 e. The molecule has 0 aliphatic carbocycles. The highest BCUT2D eigenvalue weighted by atomic mass is 16.4. The zero-order valence-electron chi connectivity index (χ0n) is 7.51. The van der Waals surface area contributed by atoms with Crippen molar-refractivity contribution >= 4 is 6.09 Å². The maximum atomic E-state index is 10.9. The van der Waals surface area contributed by atoms with Gasteiger partial charge in [-0.1, -0.05) is 0 Å². The molecule has 1 aliphatic rings. The van der Waals surface area contributed by atoms with Gasteiger partial charge in [0.05, 0.1) is 19.6 Å². The molecule has 0 saturated carbocycles. The average Bonchev–Trinajstić information content (AvgIpc) is 2.29. The SMILES string of the molecule is CC[N+]1(C(=O)[O-])CCCNCC1. The number of carbonyl (C=O) groups is 1. The quantitative estimate of drug-likeness (QED) is 0.525. The van der Waals surface area contributed by atoms with E-state index in [1.807, 2.05) is 6.92 Å². The maximum absolute atomic E-state index is 10.9. The van der Waals surface area contributed by atoms with Gasteiger partial charge >= 0.3 is 0 Å². The summed E-state index contributed by atoms with van der Waals surface area (Å²) in [5, 5.41) is 14.1. The molecule has 0 bridgehead atoms. The summed E-state index contributed by atoms with van der Waals surface area (Å²) in [6, 6.07) is 0. The fraction of sp³-hybridized carbons (Fsp3) is 0.875. The molecular formula is C8H16N2O2. The van der Waals surface area contributed by atoms with Crippen LogP contribution in [0.1, 0.15) is 13.3 Å². The van der Waals surface area contributed by atoms with Crippen molar-refractivity contribution in [1.82, 2.24) is 5.32 Å². The van der Waals surface area contributed by atoms with Crippen molar-refractivity contribution < 1.29 is 14.4 Å². The number of carbonyl (C=O) groups excluding carboxylic acids is 1. The highest BCUT2D eigenvalue weighted by Crippen LogP contribution is 2.08. The van der Waals surface area contributed by atoms with Gasteiger partial charge in [-0.15, -0.1) is 0 Å². The highest BCUT2D eigenvalue weighted by Gasteiger charge is 2.28. The van der Waals surface area contributed by atoms with Crippen LogP contribution < -0.4 is 10.4 Å². The molecule has 0 aromatic rings. The largest absolute Gasteiger partial charge is 0.498 e. The standard InChI is InChI=1S/C8H16N2O2/c1-2-10(8(11)12)6-3-4-9-5-7-10/h9H,2-7H2,1H3. The molecule has 4 nitrogen and oxygen atoms in total. The Kier molecular flexibility index (Phi) is 3.05. The summed E-state index contributed by atoms with van der Waals surface area (Å²) in [6.07, 6.45) is -0.0110. The number of hydrogen-bond donors (Lipinski definition) is 1. The van der Waals surface area contributed by atoms with Crippen LogP contribution in [0.2, 0.25) is 0 Å². The van der Waals surface area contributed by atoms with Crippen LogP contribution in [0, 0.1) is 0 Å². The molecule has 70 valence electrons. The second kappa shape index (κ2) is 3.87. The first kappa shape index (κ1) is 9.48. The van der Waals surface area contributed by atoms with Gasteiger partial charge in [0.1, 0.15) is 0 Å². The smallest absolute Gasteiger partial charge is 0.257 e. The third-order valence-corrected chi connectivity index (χ3v) is 2.65. The number of likely N-dealkylation sites (N-methyl/N-ethyl adjacent to an activating group) is 1. The number of quaternary nitrogens is 1. The molecule has 1 fully saturated rings. The first-order valence-electron chi connectivity index (χ1n) is 4.49. The van der Waals surface area contributed by atoms with E-state index in [-0.39, 0.29) is 4.48 Å². The zero-order valence-corrected chi connectivity index (χ0v) is 7.51. The number of nitrogens with one attached hydrogen (secondary N) is 1. The number of amides is 1. The van der Waals surface area contributed by atoms with Crippen molar-refractivity contribution in [2.75, 3.05) is 32.7 Å². The Morgan fingerprint density at radius 2 is 2.25 bits per heavy atom. The first-order valence-corrected chi connectivity index (χ1v) is 4.49. The third kappa shape index (κ3) is 1.76. The zero-order chi connectivity index (χ0) is 9.03. The Morgan fingerprint density at radius 1 is 1.50 bits per heavy atom. The number of carboxylic acid groups (broad SMARTS) is 1. The Hall–Kier alpha value is -0.610. The summed E-state index contributed by atoms with van der Waals surface area (Å²) in [5.41, 5.74) is 0. The van der Waals surface area contributed by atoms with E-state index < -0.39 is 6.09 Å². The Labute approximate surface area is 72.8 Å². The van der Waals surface area contributed by atoms with Crippen LogP contribution in [0.5, 0.6) is 0 Å². The van der Waals surface area contributed by atoms with Crippen LogP contribution in [0.4, 0.5) is 4.79 Å². The number of nitrogens with zero attached hydrogens (tertiary/aromatic N) is 1. The monoisotopic (exact) mass is 172 g/mol. The van der Waals surface area contributed by atoms with Crippen LogP contribution in [0.25, 0.3) is 0 Å². The summed E-state index contributed by atoms with van der Waals surface area (Å²) < 4.78 is 0.118. The number of hydrogen-bond acceptors (Lipinski definition) is 3. The molecule has 1 heterocycles. The molecular weight excluding hydrogens is 156 g/mol. The fourth-order valence-corrected chi connectivity index (χ4v) is 1.66.